The summed E-state index contributed by atoms with van der Waals surface area (Å²) in [5.74, 6) is 3.78. The number of anilines is 3. The average Bonchev–Trinajstić information content (AvgIpc) is 3.11. The smallest absolute Gasteiger partial charge is 0.273 e. The third kappa shape index (κ3) is 4.66. The number of rotatable bonds is 7. The van der Waals surface area contributed by atoms with Gasteiger partial charge in [-0.2, -0.15) is 5.10 Å². The molecule has 0 aliphatic heterocycles. The average molecular weight is 433 g/mol. The van der Waals surface area contributed by atoms with Gasteiger partial charge in [0.1, 0.15) is 6.33 Å². The lowest BCUT2D eigenvalue weighted by Crippen LogP contribution is -2.22. The second-order valence-electron chi connectivity index (χ2n) is 6.39. The maximum absolute atomic E-state index is 12.6. The van der Waals surface area contributed by atoms with E-state index in [4.69, 9.17) is 13.6 Å². The number of ether oxygens (including phenoxy) is 1. The molecular formula is C18H23N9O2S. The molecule has 4 N–H and O–H groups in total. The summed E-state index contributed by atoms with van der Waals surface area (Å²) in [7, 11) is 1.02. The number of carbonyl (C=O) groups excluding carboxylic acids is 1. The SMILES string of the molecule is [2H]C([2H])([2H])NC(=O)c1nnc(NS(=C)(C)=N)cc1Nc1cccc(-c2ncn(C)n2)c1OC. The van der Waals surface area contributed by atoms with Crippen LogP contribution in [-0.2, 0) is 16.6 Å². The van der Waals surface area contributed by atoms with Crippen LogP contribution in [0.25, 0.3) is 11.4 Å². The van der Waals surface area contributed by atoms with Crippen molar-refractivity contribution in [2.24, 2.45) is 7.05 Å². The Kier molecular flexibility index (Phi) is 4.80. The molecule has 0 bridgehead atoms. The number of aryl methyl sites for hydroxylation is 1. The molecule has 2 heterocycles. The summed E-state index contributed by atoms with van der Waals surface area (Å²) in [5, 5.41) is 17.0. The van der Waals surface area contributed by atoms with E-state index in [1.807, 2.05) is 5.32 Å². The zero-order valence-electron chi connectivity index (χ0n) is 19.6. The van der Waals surface area contributed by atoms with Gasteiger partial charge in [-0.25, -0.2) is 4.98 Å². The zero-order valence-corrected chi connectivity index (χ0v) is 17.4. The molecule has 0 saturated heterocycles. The first-order valence-corrected chi connectivity index (χ1v) is 10.7. The molecule has 0 aliphatic rings. The van der Waals surface area contributed by atoms with E-state index >= 15 is 0 Å². The number of aromatic nitrogens is 5. The van der Waals surface area contributed by atoms with Crippen LogP contribution in [0, 0.1) is 4.78 Å². The highest BCUT2D eigenvalue weighted by molar-refractivity contribution is 8.01. The third-order valence-corrected chi connectivity index (χ3v) is 4.44. The highest BCUT2D eigenvalue weighted by Gasteiger charge is 2.19. The van der Waals surface area contributed by atoms with Crippen LogP contribution in [0.15, 0.2) is 30.6 Å². The van der Waals surface area contributed by atoms with Crippen LogP contribution in [0.5, 0.6) is 5.75 Å². The van der Waals surface area contributed by atoms with Crippen LogP contribution < -0.4 is 20.1 Å². The van der Waals surface area contributed by atoms with Gasteiger partial charge in [0.2, 0.25) is 0 Å². The van der Waals surface area contributed by atoms with Crippen LogP contribution in [0.2, 0.25) is 0 Å². The van der Waals surface area contributed by atoms with Gasteiger partial charge in [-0.3, -0.25) is 14.3 Å². The van der Waals surface area contributed by atoms with Gasteiger partial charge >= 0.3 is 0 Å². The number of methoxy groups -OCH3 is 1. The minimum Gasteiger partial charge on any atom is -0.494 e. The third-order valence-electron chi connectivity index (χ3n) is 3.78. The molecule has 1 aromatic carbocycles. The van der Waals surface area contributed by atoms with Gasteiger partial charge in [-0.1, -0.05) is 15.7 Å². The standard InChI is InChI=1S/C18H23N9O2S/c1-20-18(28)15-13(9-14(23-24-15)26-30(4,5)19)22-12-8-6-7-11(16(12)29-3)17-21-10-27(2)25-17/h6-10H,4H2,1-3,5H3,(H,20,28)(H3,19,22,23,26)/i1D3. The van der Waals surface area contributed by atoms with Crippen molar-refractivity contribution in [3.05, 3.63) is 36.3 Å². The molecule has 0 fully saturated rings. The summed E-state index contributed by atoms with van der Waals surface area (Å²) < 4.78 is 39.9. The lowest BCUT2D eigenvalue weighted by Gasteiger charge is -2.16. The Hall–Kier alpha value is -3.67. The minimum absolute atomic E-state index is 0.141. The van der Waals surface area contributed by atoms with E-state index in [9.17, 15) is 4.79 Å². The normalized spacial score (nSPS) is 14.6. The van der Waals surface area contributed by atoms with Crippen molar-refractivity contribution >= 4 is 38.6 Å². The molecule has 2 aromatic heterocycles. The molecule has 1 unspecified atom stereocenters. The lowest BCUT2D eigenvalue weighted by atomic mass is 10.1. The first-order chi connectivity index (χ1) is 15.4. The fourth-order valence-corrected chi connectivity index (χ4v) is 3.20. The van der Waals surface area contributed by atoms with Gasteiger partial charge in [0.05, 0.1) is 24.0 Å². The van der Waals surface area contributed by atoms with E-state index in [1.54, 1.807) is 42.5 Å². The largest absolute Gasteiger partial charge is 0.494 e. The lowest BCUT2D eigenvalue weighted by molar-refractivity contribution is 0.0958. The van der Waals surface area contributed by atoms with Gasteiger partial charge in [0.25, 0.3) is 5.91 Å². The predicted octanol–water partition coefficient (Wildman–Crippen LogP) is 1.69. The number of carbonyl (C=O) groups is 1. The maximum Gasteiger partial charge on any atom is 0.273 e. The van der Waals surface area contributed by atoms with Gasteiger partial charge in [-0.15, -0.1) is 10.2 Å². The summed E-state index contributed by atoms with van der Waals surface area (Å²) >= 11 is 0. The summed E-state index contributed by atoms with van der Waals surface area (Å²) in [6.45, 7) is -2.72. The molecule has 1 amide bonds. The molecule has 0 aliphatic carbocycles. The quantitative estimate of drug-likeness (QED) is 0.413. The van der Waals surface area contributed by atoms with Crippen LogP contribution in [0.3, 0.4) is 0 Å². The Morgan fingerprint density at radius 1 is 1.37 bits per heavy atom. The van der Waals surface area contributed by atoms with Crippen LogP contribution in [0.1, 0.15) is 14.6 Å². The van der Waals surface area contributed by atoms with Crippen molar-refractivity contribution < 1.29 is 13.6 Å². The fourth-order valence-electron chi connectivity index (χ4n) is 2.63. The van der Waals surface area contributed by atoms with Crippen LogP contribution in [0.4, 0.5) is 17.2 Å². The molecule has 158 valence electrons. The molecular weight excluding hydrogens is 406 g/mol. The number of amides is 1. The van der Waals surface area contributed by atoms with Crippen molar-refractivity contribution in [2.45, 2.75) is 0 Å². The number of hydrogen-bond acceptors (Lipinski definition) is 8. The molecule has 0 radical (unpaired) electrons. The molecule has 11 nitrogen and oxygen atoms in total. The molecule has 30 heavy (non-hydrogen) atoms. The van der Waals surface area contributed by atoms with Gasteiger partial charge in [0.15, 0.2) is 23.1 Å². The Labute approximate surface area is 178 Å². The topological polar surface area (TPSA) is 143 Å². The van der Waals surface area contributed by atoms with E-state index in [0.717, 1.165) is 0 Å². The maximum atomic E-state index is 12.6. The summed E-state index contributed by atoms with van der Waals surface area (Å²) in [6, 6.07) is 6.66. The van der Waals surface area contributed by atoms with Gasteiger partial charge in [-0.05, 0) is 18.0 Å². The van der Waals surface area contributed by atoms with E-state index < -0.39 is 22.5 Å². The van der Waals surface area contributed by atoms with Crippen LogP contribution in [-0.4, -0.2) is 57.1 Å². The predicted molar refractivity (Wildman–Crippen MR) is 118 cm³/mol. The van der Waals surface area contributed by atoms with Crippen LogP contribution >= 0.6 is 0 Å². The Bertz CT molecular complexity index is 1290. The molecule has 1 atom stereocenters. The Morgan fingerprint density at radius 3 is 2.80 bits per heavy atom. The summed E-state index contributed by atoms with van der Waals surface area (Å²) in [5.41, 5.74) is 0.922. The second kappa shape index (κ2) is 8.37. The zero-order chi connectivity index (χ0) is 24.4. The van der Waals surface area contributed by atoms with Gasteiger partial charge < -0.3 is 20.1 Å². The van der Waals surface area contributed by atoms with Crippen molar-refractivity contribution in [1.82, 2.24) is 30.3 Å². The van der Waals surface area contributed by atoms with E-state index in [2.05, 4.69) is 36.2 Å². The number of nitrogens with one attached hydrogen (secondary N) is 4. The summed E-state index contributed by atoms with van der Waals surface area (Å²) in [6.07, 6.45) is 3.14. The highest BCUT2D eigenvalue weighted by Crippen LogP contribution is 2.37. The molecule has 0 spiro atoms. The molecule has 3 aromatic rings. The van der Waals surface area contributed by atoms with E-state index in [-0.39, 0.29) is 17.2 Å². The first-order valence-electron chi connectivity index (χ1n) is 10.0. The van der Waals surface area contributed by atoms with Crippen molar-refractivity contribution in [2.75, 3.05) is 30.4 Å². The number of nitrogens with zero attached hydrogens (tertiary/aromatic N) is 5. The van der Waals surface area contributed by atoms with Crippen molar-refractivity contribution in [3.8, 4) is 17.1 Å². The van der Waals surface area contributed by atoms with Crippen molar-refractivity contribution in [3.63, 3.8) is 0 Å². The fraction of sp³-hybridized carbons (Fsp3) is 0.222. The Morgan fingerprint density at radius 2 is 2.17 bits per heavy atom. The number of hydrogen-bond donors (Lipinski definition) is 4. The first kappa shape index (κ1) is 17.2. The van der Waals surface area contributed by atoms with E-state index in [0.29, 0.717) is 22.8 Å². The molecule has 0 saturated carbocycles. The van der Waals surface area contributed by atoms with E-state index in [1.165, 1.54) is 13.2 Å². The monoisotopic (exact) mass is 432 g/mol. The number of benzene rings is 1. The second-order valence-corrected chi connectivity index (χ2v) is 8.77. The Balaban J connectivity index is 2.09. The minimum atomic E-state index is -2.72. The highest BCUT2D eigenvalue weighted by atomic mass is 32.2. The molecule has 3 rings (SSSR count). The van der Waals surface area contributed by atoms with Gasteiger partial charge in [0, 0.05) is 30.5 Å². The van der Waals surface area contributed by atoms with Crippen molar-refractivity contribution in [1.29, 1.82) is 4.78 Å². The molecule has 12 heteroatoms. The number of para-hydroxylation sites is 1. The summed E-state index contributed by atoms with van der Waals surface area (Å²) in [4.78, 5) is 16.8.